The molecule has 6 aromatic rings. The number of thiophene rings is 1. The minimum absolute atomic E-state index is 0.206. The Kier molecular flexibility index (Phi) is 5.68. The van der Waals surface area contributed by atoms with Crippen LogP contribution in [0.2, 0.25) is 0 Å². The fourth-order valence-electron chi connectivity index (χ4n) is 3.84. The Labute approximate surface area is 213 Å². The van der Waals surface area contributed by atoms with E-state index in [1.807, 2.05) is 57.2 Å². The summed E-state index contributed by atoms with van der Waals surface area (Å²) in [6.07, 6.45) is 9.33. The molecule has 0 spiro atoms. The van der Waals surface area contributed by atoms with Crippen LogP contribution in [0.5, 0.6) is 0 Å². The molecule has 0 saturated heterocycles. The molecule has 9 nitrogen and oxygen atoms in total. The highest BCUT2D eigenvalue weighted by atomic mass is 32.1. The van der Waals surface area contributed by atoms with Crippen LogP contribution in [0.25, 0.3) is 17.0 Å². The van der Waals surface area contributed by atoms with Crippen LogP contribution in [0.4, 0.5) is 21.5 Å². The lowest BCUT2D eigenvalue weighted by molar-refractivity contribution is 0.103. The molecule has 0 atom stereocenters. The van der Waals surface area contributed by atoms with Gasteiger partial charge in [0.2, 0.25) is 0 Å². The van der Waals surface area contributed by atoms with Crippen LogP contribution < -0.4 is 16.4 Å². The Balaban J connectivity index is 1.18. The summed E-state index contributed by atoms with van der Waals surface area (Å²) in [5.41, 5.74) is 10.8. The minimum Gasteiger partial charge on any atom is -0.397 e. The van der Waals surface area contributed by atoms with Gasteiger partial charge in [-0.2, -0.15) is 0 Å². The summed E-state index contributed by atoms with van der Waals surface area (Å²) < 4.78 is 4.06. The fraction of sp³-hybridized carbons (Fsp3) is 0.0400. The van der Waals surface area contributed by atoms with Crippen molar-refractivity contribution < 1.29 is 4.79 Å². The second kappa shape index (κ2) is 9.29. The average molecular weight is 513 g/mol. The third kappa shape index (κ3) is 4.32. The molecule has 0 aliphatic carbocycles. The van der Waals surface area contributed by atoms with Crippen molar-refractivity contribution in [2.45, 2.75) is 6.54 Å². The molecular formula is C25H20N8OS2. The topological polar surface area (TPSA) is 115 Å². The third-order valence-electron chi connectivity index (χ3n) is 5.56. The molecule has 11 heteroatoms. The number of nitrogen functional groups attached to an aromatic ring is 1. The molecule has 0 saturated carbocycles. The standard InChI is InChI=1S/C25H20N8OS2/c26-17-5-1-2-6-18(17)29-24(34)21-7-8-22(36-21)31-25-30-19(14-35-25)20-12-28-23-16(4-3-10-33(20)23)13-32-11-9-27-15-32/h1-12,14-15H,13,26H2,(H,29,34)(H,30,31). The molecule has 0 unspecified atom stereocenters. The van der Waals surface area contributed by atoms with E-state index in [-0.39, 0.29) is 5.91 Å². The van der Waals surface area contributed by atoms with Gasteiger partial charge in [0.1, 0.15) is 11.3 Å². The van der Waals surface area contributed by atoms with E-state index < -0.39 is 0 Å². The first-order valence-electron chi connectivity index (χ1n) is 11.0. The smallest absolute Gasteiger partial charge is 0.265 e. The van der Waals surface area contributed by atoms with E-state index in [4.69, 9.17) is 10.7 Å². The maximum Gasteiger partial charge on any atom is 0.265 e. The highest BCUT2D eigenvalue weighted by Crippen LogP contribution is 2.31. The number of nitrogens with two attached hydrogens (primary N) is 1. The molecule has 1 aromatic carbocycles. The van der Waals surface area contributed by atoms with Crippen molar-refractivity contribution in [3.8, 4) is 11.4 Å². The number of aromatic nitrogens is 5. The summed E-state index contributed by atoms with van der Waals surface area (Å²) in [6, 6.07) is 14.9. The zero-order valence-electron chi connectivity index (χ0n) is 18.8. The first-order valence-corrected chi connectivity index (χ1v) is 12.7. The van der Waals surface area contributed by atoms with Crippen molar-refractivity contribution in [3.05, 3.63) is 95.5 Å². The molecule has 0 fully saturated rings. The molecule has 0 aliphatic heterocycles. The average Bonchev–Trinajstić information content (AvgIpc) is 3.68. The van der Waals surface area contributed by atoms with E-state index in [2.05, 4.69) is 26.7 Å². The van der Waals surface area contributed by atoms with Gasteiger partial charge in [0, 0.05) is 29.5 Å². The van der Waals surface area contributed by atoms with Crippen molar-refractivity contribution >= 4 is 55.7 Å². The predicted molar refractivity (Wildman–Crippen MR) is 144 cm³/mol. The highest BCUT2D eigenvalue weighted by Gasteiger charge is 2.15. The number of imidazole rings is 2. The Morgan fingerprint density at radius 1 is 1.08 bits per heavy atom. The van der Waals surface area contributed by atoms with E-state index in [9.17, 15) is 4.79 Å². The fourth-order valence-corrected chi connectivity index (χ4v) is 5.42. The quantitative estimate of drug-likeness (QED) is 0.249. The van der Waals surface area contributed by atoms with Gasteiger partial charge in [0.05, 0.1) is 46.0 Å². The SMILES string of the molecule is Nc1ccccc1NC(=O)c1ccc(Nc2nc(-c3cnc4c(Cn5ccnc5)cccn34)cs2)s1. The normalized spacial score (nSPS) is 11.1. The Hall–Kier alpha value is -4.48. The second-order valence-corrected chi connectivity index (χ2v) is 9.92. The van der Waals surface area contributed by atoms with Crippen molar-refractivity contribution in [2.75, 3.05) is 16.4 Å². The van der Waals surface area contributed by atoms with Crippen molar-refractivity contribution in [2.24, 2.45) is 0 Å². The van der Waals surface area contributed by atoms with Crippen LogP contribution >= 0.6 is 22.7 Å². The van der Waals surface area contributed by atoms with E-state index in [0.29, 0.717) is 22.8 Å². The van der Waals surface area contributed by atoms with E-state index in [1.54, 1.807) is 30.7 Å². The lowest BCUT2D eigenvalue weighted by Gasteiger charge is -2.06. The Morgan fingerprint density at radius 3 is 2.86 bits per heavy atom. The Bertz CT molecular complexity index is 1660. The number of benzene rings is 1. The summed E-state index contributed by atoms with van der Waals surface area (Å²) in [5, 5.41) is 9.71. The number of fused-ring (bicyclic) bond motifs is 1. The number of amides is 1. The summed E-state index contributed by atoms with van der Waals surface area (Å²) in [5.74, 6) is -0.206. The van der Waals surface area contributed by atoms with Gasteiger partial charge in [-0.05, 0) is 30.3 Å². The molecule has 178 valence electrons. The van der Waals surface area contributed by atoms with E-state index >= 15 is 0 Å². The molecule has 5 heterocycles. The molecule has 36 heavy (non-hydrogen) atoms. The summed E-state index contributed by atoms with van der Waals surface area (Å²) in [4.78, 5) is 26.7. The molecule has 1 amide bonds. The van der Waals surface area contributed by atoms with Gasteiger partial charge in [0.25, 0.3) is 5.91 Å². The van der Waals surface area contributed by atoms with Crippen molar-refractivity contribution in [1.29, 1.82) is 0 Å². The van der Waals surface area contributed by atoms with Crippen LogP contribution in [0.15, 0.2) is 85.0 Å². The summed E-state index contributed by atoms with van der Waals surface area (Å²) in [6.45, 7) is 0.690. The van der Waals surface area contributed by atoms with Crippen LogP contribution in [-0.4, -0.2) is 29.8 Å². The van der Waals surface area contributed by atoms with Gasteiger partial charge in [-0.1, -0.05) is 18.2 Å². The number of nitrogens with zero attached hydrogens (tertiary/aromatic N) is 5. The minimum atomic E-state index is -0.206. The maximum atomic E-state index is 12.6. The van der Waals surface area contributed by atoms with Gasteiger partial charge >= 0.3 is 0 Å². The van der Waals surface area contributed by atoms with Crippen molar-refractivity contribution in [1.82, 2.24) is 23.9 Å². The predicted octanol–water partition coefficient (Wildman–Crippen LogP) is 5.34. The Morgan fingerprint density at radius 2 is 2.00 bits per heavy atom. The second-order valence-electron chi connectivity index (χ2n) is 7.97. The molecule has 5 aromatic heterocycles. The number of hydrogen-bond acceptors (Lipinski definition) is 8. The molecule has 4 N–H and O–H groups in total. The molecule has 0 radical (unpaired) electrons. The van der Waals surface area contributed by atoms with Gasteiger partial charge in [-0.25, -0.2) is 15.0 Å². The number of hydrogen-bond donors (Lipinski definition) is 3. The summed E-state index contributed by atoms with van der Waals surface area (Å²) >= 11 is 2.85. The van der Waals surface area contributed by atoms with Gasteiger partial charge < -0.3 is 20.9 Å². The van der Waals surface area contributed by atoms with Gasteiger partial charge in [0.15, 0.2) is 5.13 Å². The molecular weight excluding hydrogens is 492 g/mol. The zero-order valence-corrected chi connectivity index (χ0v) is 20.5. The summed E-state index contributed by atoms with van der Waals surface area (Å²) in [7, 11) is 0. The first kappa shape index (κ1) is 22.0. The van der Waals surface area contributed by atoms with Crippen LogP contribution in [0.1, 0.15) is 15.2 Å². The first-order chi connectivity index (χ1) is 17.6. The monoisotopic (exact) mass is 512 g/mol. The highest BCUT2D eigenvalue weighted by molar-refractivity contribution is 7.19. The van der Waals surface area contributed by atoms with Gasteiger partial charge in [-0.3, -0.25) is 9.20 Å². The van der Waals surface area contributed by atoms with Crippen LogP contribution in [-0.2, 0) is 6.54 Å². The third-order valence-corrected chi connectivity index (χ3v) is 7.32. The number of para-hydroxylation sites is 2. The zero-order chi connectivity index (χ0) is 24.5. The van der Waals surface area contributed by atoms with E-state index in [1.165, 1.54) is 22.7 Å². The van der Waals surface area contributed by atoms with E-state index in [0.717, 1.165) is 32.7 Å². The number of thiazole rings is 1. The lowest BCUT2D eigenvalue weighted by atomic mass is 10.2. The van der Waals surface area contributed by atoms with Gasteiger partial charge in [-0.15, -0.1) is 22.7 Å². The number of rotatable bonds is 7. The number of pyridine rings is 1. The number of carbonyl (C=O) groups is 1. The van der Waals surface area contributed by atoms with Crippen LogP contribution in [0.3, 0.4) is 0 Å². The largest absolute Gasteiger partial charge is 0.397 e. The molecule has 0 bridgehead atoms. The number of anilines is 4. The number of carbonyl (C=O) groups excluding carboxylic acids is 1. The lowest BCUT2D eigenvalue weighted by Crippen LogP contribution is -2.11. The molecule has 0 aliphatic rings. The number of nitrogens with one attached hydrogen (secondary N) is 2. The van der Waals surface area contributed by atoms with Crippen LogP contribution in [0, 0.1) is 0 Å². The molecule has 6 rings (SSSR count). The van der Waals surface area contributed by atoms with Crippen molar-refractivity contribution in [3.63, 3.8) is 0 Å². The maximum absolute atomic E-state index is 12.6.